The van der Waals surface area contributed by atoms with Crippen LogP contribution >= 0.6 is 11.3 Å². The van der Waals surface area contributed by atoms with E-state index >= 15 is 0 Å². The monoisotopic (exact) mass is 303 g/mol. The van der Waals surface area contributed by atoms with Crippen molar-refractivity contribution < 1.29 is 4.74 Å². The molecule has 4 nitrogen and oxygen atoms in total. The van der Waals surface area contributed by atoms with Gasteiger partial charge in [-0.25, -0.2) is 4.98 Å². The predicted molar refractivity (Wildman–Crippen MR) is 87.7 cm³/mol. The molecule has 2 N–H and O–H groups in total. The summed E-state index contributed by atoms with van der Waals surface area (Å²) in [5, 5.41) is 0.991. The van der Waals surface area contributed by atoms with Crippen LogP contribution in [0.15, 0.2) is 18.2 Å². The number of hydrogen-bond acceptors (Lipinski definition) is 5. The van der Waals surface area contributed by atoms with Crippen molar-refractivity contribution in [2.24, 2.45) is 11.8 Å². The number of thiophene rings is 1. The molecule has 2 heterocycles. The normalized spacial score (nSPS) is 21.8. The molecule has 0 aliphatic heterocycles. The van der Waals surface area contributed by atoms with Gasteiger partial charge < -0.3 is 10.5 Å². The van der Waals surface area contributed by atoms with Gasteiger partial charge in [0.25, 0.3) is 0 Å². The zero-order chi connectivity index (χ0) is 14.8. The first kappa shape index (κ1) is 14.3. The molecule has 112 valence electrons. The lowest BCUT2D eigenvalue weighted by atomic mass is 9.85. The Labute approximate surface area is 129 Å². The van der Waals surface area contributed by atoms with Gasteiger partial charge in [-0.2, -0.15) is 4.98 Å². The topological polar surface area (TPSA) is 61.0 Å². The zero-order valence-electron chi connectivity index (χ0n) is 12.5. The molecule has 0 aromatic carbocycles. The quantitative estimate of drug-likeness (QED) is 0.872. The SMILES string of the molecule is CCc1cc2c(OCC3CC=CCC3C)nc(N)nc2s1. The summed E-state index contributed by atoms with van der Waals surface area (Å²) in [5.41, 5.74) is 5.80. The van der Waals surface area contributed by atoms with Crippen molar-refractivity contribution in [2.75, 3.05) is 12.3 Å². The second-order valence-electron chi connectivity index (χ2n) is 5.66. The lowest BCUT2D eigenvalue weighted by Gasteiger charge is -2.24. The minimum atomic E-state index is 0.290. The molecule has 0 saturated heterocycles. The number of nitrogens with two attached hydrogens (primary N) is 1. The Morgan fingerprint density at radius 1 is 1.33 bits per heavy atom. The van der Waals surface area contributed by atoms with Crippen LogP contribution in [0.2, 0.25) is 0 Å². The second kappa shape index (κ2) is 6.02. The van der Waals surface area contributed by atoms with Crippen molar-refractivity contribution in [3.05, 3.63) is 23.1 Å². The number of anilines is 1. The van der Waals surface area contributed by atoms with E-state index in [1.807, 2.05) is 0 Å². The van der Waals surface area contributed by atoms with Gasteiger partial charge in [-0.1, -0.05) is 26.0 Å². The smallest absolute Gasteiger partial charge is 0.227 e. The number of rotatable bonds is 4. The van der Waals surface area contributed by atoms with Gasteiger partial charge in [0, 0.05) is 4.88 Å². The van der Waals surface area contributed by atoms with Gasteiger partial charge in [-0.15, -0.1) is 11.3 Å². The van der Waals surface area contributed by atoms with Crippen LogP contribution in [0.25, 0.3) is 10.2 Å². The van der Waals surface area contributed by atoms with Crippen LogP contribution in [-0.2, 0) is 6.42 Å². The summed E-state index contributed by atoms with van der Waals surface area (Å²) in [7, 11) is 0. The first-order valence-electron chi connectivity index (χ1n) is 7.51. The molecule has 2 aromatic heterocycles. The molecule has 5 heteroatoms. The Morgan fingerprint density at radius 2 is 2.14 bits per heavy atom. The number of aryl methyl sites for hydroxylation is 1. The van der Waals surface area contributed by atoms with Crippen molar-refractivity contribution in [3.8, 4) is 5.88 Å². The number of aromatic nitrogens is 2. The number of nitrogens with zero attached hydrogens (tertiary/aromatic N) is 2. The lowest BCUT2D eigenvalue weighted by Crippen LogP contribution is -2.21. The van der Waals surface area contributed by atoms with Crippen LogP contribution in [0.1, 0.15) is 31.6 Å². The Kier molecular flexibility index (Phi) is 4.10. The standard InChI is InChI=1S/C16H21N3OS/c1-3-12-8-13-14(18-16(17)19-15(13)21-12)20-9-11-7-5-4-6-10(11)2/h4-5,8,10-11H,3,6-7,9H2,1-2H3,(H2,17,18,19). The third kappa shape index (κ3) is 3.02. The molecule has 0 amide bonds. The van der Waals surface area contributed by atoms with Gasteiger partial charge in [-0.3, -0.25) is 0 Å². The highest BCUT2D eigenvalue weighted by Gasteiger charge is 2.20. The number of ether oxygens (including phenoxy) is 1. The molecule has 21 heavy (non-hydrogen) atoms. The fourth-order valence-electron chi connectivity index (χ4n) is 2.67. The van der Waals surface area contributed by atoms with Crippen LogP contribution in [0.4, 0.5) is 5.95 Å². The van der Waals surface area contributed by atoms with Crippen molar-refractivity contribution in [1.82, 2.24) is 9.97 Å². The van der Waals surface area contributed by atoms with E-state index in [-0.39, 0.29) is 0 Å². The molecular formula is C16H21N3OS. The van der Waals surface area contributed by atoms with Gasteiger partial charge in [0.05, 0.1) is 12.0 Å². The first-order valence-corrected chi connectivity index (χ1v) is 8.32. The largest absolute Gasteiger partial charge is 0.477 e. The summed E-state index contributed by atoms with van der Waals surface area (Å²) in [6, 6.07) is 2.12. The van der Waals surface area contributed by atoms with E-state index in [0.29, 0.717) is 30.3 Å². The van der Waals surface area contributed by atoms with Crippen molar-refractivity contribution in [1.29, 1.82) is 0 Å². The third-order valence-electron chi connectivity index (χ3n) is 4.13. The van der Waals surface area contributed by atoms with Gasteiger partial charge in [0.1, 0.15) is 4.83 Å². The van der Waals surface area contributed by atoms with Crippen LogP contribution < -0.4 is 10.5 Å². The van der Waals surface area contributed by atoms with Gasteiger partial charge in [-0.05, 0) is 37.2 Å². The molecule has 1 aliphatic rings. The van der Waals surface area contributed by atoms with Crippen molar-refractivity contribution in [2.45, 2.75) is 33.1 Å². The van der Waals surface area contributed by atoms with E-state index in [9.17, 15) is 0 Å². The highest BCUT2D eigenvalue weighted by Crippen LogP contribution is 2.32. The predicted octanol–water partition coefficient (Wildman–Crippen LogP) is 3.82. The van der Waals surface area contributed by atoms with E-state index in [1.165, 1.54) is 4.88 Å². The van der Waals surface area contributed by atoms with E-state index < -0.39 is 0 Å². The van der Waals surface area contributed by atoms with E-state index in [2.05, 4.69) is 42.0 Å². The van der Waals surface area contributed by atoms with Crippen LogP contribution in [0.5, 0.6) is 5.88 Å². The van der Waals surface area contributed by atoms with E-state index in [4.69, 9.17) is 10.5 Å². The first-order chi connectivity index (χ1) is 10.2. The fraction of sp³-hybridized carbons (Fsp3) is 0.500. The number of fused-ring (bicyclic) bond motifs is 1. The zero-order valence-corrected chi connectivity index (χ0v) is 13.3. The minimum Gasteiger partial charge on any atom is -0.477 e. The maximum absolute atomic E-state index is 6.01. The molecule has 0 bridgehead atoms. The molecule has 0 spiro atoms. The number of hydrogen-bond donors (Lipinski definition) is 1. The second-order valence-corrected chi connectivity index (χ2v) is 6.78. The molecule has 0 saturated carbocycles. The summed E-state index contributed by atoms with van der Waals surface area (Å²) in [6.45, 7) is 5.10. The Bertz CT molecular complexity index is 665. The molecule has 0 fully saturated rings. The van der Waals surface area contributed by atoms with Gasteiger partial charge in [0.15, 0.2) is 0 Å². The van der Waals surface area contributed by atoms with E-state index in [0.717, 1.165) is 29.5 Å². The van der Waals surface area contributed by atoms with Crippen LogP contribution in [0, 0.1) is 11.8 Å². The maximum Gasteiger partial charge on any atom is 0.227 e. The summed E-state index contributed by atoms with van der Waals surface area (Å²) >= 11 is 1.67. The maximum atomic E-state index is 6.01. The minimum absolute atomic E-state index is 0.290. The molecule has 2 unspecified atom stereocenters. The third-order valence-corrected chi connectivity index (χ3v) is 5.30. The Hall–Kier alpha value is -1.62. The summed E-state index contributed by atoms with van der Waals surface area (Å²) in [6.07, 6.45) is 7.71. The van der Waals surface area contributed by atoms with Crippen LogP contribution in [0.3, 0.4) is 0 Å². The molecule has 3 rings (SSSR count). The van der Waals surface area contributed by atoms with E-state index in [1.54, 1.807) is 11.3 Å². The van der Waals surface area contributed by atoms with Crippen LogP contribution in [-0.4, -0.2) is 16.6 Å². The molecule has 1 aliphatic carbocycles. The van der Waals surface area contributed by atoms with Crippen molar-refractivity contribution >= 4 is 27.5 Å². The summed E-state index contributed by atoms with van der Waals surface area (Å²) < 4.78 is 6.01. The molecule has 2 atom stereocenters. The van der Waals surface area contributed by atoms with Crippen molar-refractivity contribution in [3.63, 3.8) is 0 Å². The average molecular weight is 303 g/mol. The molecule has 2 aromatic rings. The highest BCUT2D eigenvalue weighted by molar-refractivity contribution is 7.18. The fourth-order valence-corrected chi connectivity index (χ4v) is 3.63. The average Bonchev–Trinajstić information content (AvgIpc) is 2.89. The summed E-state index contributed by atoms with van der Waals surface area (Å²) in [4.78, 5) is 10.8. The van der Waals surface area contributed by atoms with Gasteiger partial charge >= 0.3 is 0 Å². The lowest BCUT2D eigenvalue weighted by molar-refractivity contribution is 0.195. The summed E-state index contributed by atoms with van der Waals surface area (Å²) in [5.74, 6) is 2.12. The molecule has 0 radical (unpaired) electrons. The Balaban J connectivity index is 1.82. The van der Waals surface area contributed by atoms with Gasteiger partial charge in [0.2, 0.25) is 11.8 Å². The number of nitrogen functional groups attached to an aromatic ring is 1. The molecular weight excluding hydrogens is 282 g/mol. The number of allylic oxidation sites excluding steroid dienone is 2. The Morgan fingerprint density at radius 3 is 2.90 bits per heavy atom. The highest BCUT2D eigenvalue weighted by atomic mass is 32.1.